The Hall–Kier alpha value is -8.46. The van der Waals surface area contributed by atoms with Crippen molar-refractivity contribution in [1.82, 2.24) is 0 Å². The summed E-state index contributed by atoms with van der Waals surface area (Å²) < 4.78 is 5.77. The highest BCUT2D eigenvalue weighted by Gasteiger charge is 2.50. The molecule has 304 valence electrons. The normalized spacial score (nSPS) is 14.2. The maximum atomic E-state index is 5.77. The second-order valence-corrected chi connectivity index (χ2v) is 17.2. The van der Waals surface area contributed by atoms with Crippen LogP contribution in [0.1, 0.15) is 22.3 Å². The third-order valence-electron chi connectivity index (χ3n) is 13.8. The smallest absolute Gasteiger partial charge is 0.133 e. The number of furan rings is 1. The quantitative estimate of drug-likeness (QED) is 0.166. The van der Waals surface area contributed by atoms with Gasteiger partial charge in [-0.1, -0.05) is 188 Å². The van der Waals surface area contributed by atoms with Gasteiger partial charge < -0.3 is 9.32 Å². The number of anilines is 3. The van der Waals surface area contributed by atoms with E-state index in [-0.39, 0.29) is 0 Å². The topological polar surface area (TPSA) is 16.4 Å². The van der Waals surface area contributed by atoms with Crippen LogP contribution in [-0.2, 0) is 5.41 Å². The third-order valence-corrected chi connectivity index (χ3v) is 13.8. The molecule has 65 heavy (non-hydrogen) atoms. The maximum absolute atomic E-state index is 5.77. The average Bonchev–Trinajstić information content (AvgIpc) is 4.01. The summed E-state index contributed by atoms with van der Waals surface area (Å²) in [4.78, 5) is 2.43. The summed E-state index contributed by atoms with van der Waals surface area (Å²) in [6.07, 6.45) is 1.73. The monoisotopic (exact) mass is 827 g/mol. The van der Waals surface area contributed by atoms with Gasteiger partial charge in [-0.15, -0.1) is 0 Å². The molecule has 0 aliphatic heterocycles. The van der Waals surface area contributed by atoms with Gasteiger partial charge in [-0.2, -0.15) is 0 Å². The number of hydrogen-bond donors (Lipinski definition) is 0. The van der Waals surface area contributed by atoms with E-state index < -0.39 is 5.41 Å². The summed E-state index contributed by atoms with van der Waals surface area (Å²) in [7, 11) is 0. The van der Waals surface area contributed by atoms with Crippen LogP contribution in [0.25, 0.3) is 77.7 Å². The molecule has 10 aromatic carbocycles. The summed E-state index contributed by atoms with van der Waals surface area (Å²) in [6, 6.07) is 89.3. The lowest BCUT2D eigenvalue weighted by molar-refractivity contribution is 0.582. The van der Waals surface area contributed by atoms with Crippen molar-refractivity contribution < 1.29 is 4.42 Å². The molecule has 2 aliphatic carbocycles. The molecule has 2 aliphatic rings. The second kappa shape index (κ2) is 14.8. The zero-order chi connectivity index (χ0) is 42.9. The van der Waals surface area contributed by atoms with E-state index in [2.05, 4.69) is 235 Å². The molecular formula is C63H41NO. The molecule has 0 bridgehead atoms. The predicted octanol–water partition coefficient (Wildman–Crippen LogP) is 16.9. The van der Waals surface area contributed by atoms with Crippen LogP contribution < -0.4 is 4.90 Å². The molecule has 2 nitrogen and oxygen atoms in total. The molecule has 1 aromatic heterocycles. The van der Waals surface area contributed by atoms with Crippen LogP contribution in [0.2, 0.25) is 0 Å². The van der Waals surface area contributed by atoms with E-state index in [1.165, 1.54) is 77.5 Å². The number of nitrogens with zero attached hydrogens (tertiary/aromatic N) is 1. The highest BCUT2D eigenvalue weighted by atomic mass is 16.3. The van der Waals surface area contributed by atoms with E-state index in [1.807, 2.05) is 12.1 Å². The lowest BCUT2D eigenvalue weighted by atomic mass is 9.65. The Morgan fingerprint density at radius 3 is 1.58 bits per heavy atom. The van der Waals surface area contributed by atoms with Crippen LogP contribution in [-0.4, -0.2) is 0 Å². The van der Waals surface area contributed by atoms with E-state index in [0.717, 1.165) is 39.5 Å². The van der Waals surface area contributed by atoms with Gasteiger partial charge in [0.25, 0.3) is 0 Å². The molecule has 0 amide bonds. The Bertz CT molecular complexity index is 3590. The van der Waals surface area contributed by atoms with Crippen molar-refractivity contribution in [2.24, 2.45) is 0 Å². The van der Waals surface area contributed by atoms with Crippen LogP contribution in [0.15, 0.2) is 253 Å². The number of benzene rings is 10. The van der Waals surface area contributed by atoms with E-state index in [9.17, 15) is 0 Å². The van der Waals surface area contributed by atoms with Crippen molar-refractivity contribution in [3.8, 4) is 67.0 Å². The average molecular weight is 828 g/mol. The van der Waals surface area contributed by atoms with Crippen molar-refractivity contribution in [1.29, 1.82) is 0 Å². The SMILES string of the molecule is c1ccc(-c2ccc(N(c3ccc(-c4cccc(-c5ccco5)c4)cc3)c3ccc4c(c3)C3(c5ccccc5-c5ccccc5-4)c4ccccc4-c4c3ccc3ccccc43)cc2)cc1. The van der Waals surface area contributed by atoms with Crippen molar-refractivity contribution in [2.45, 2.75) is 5.41 Å². The summed E-state index contributed by atoms with van der Waals surface area (Å²) in [5, 5.41) is 2.53. The number of fused-ring (bicyclic) bond motifs is 14. The number of rotatable bonds is 6. The molecule has 1 heterocycles. The lowest BCUT2D eigenvalue weighted by Crippen LogP contribution is -2.29. The van der Waals surface area contributed by atoms with Crippen molar-refractivity contribution >= 4 is 27.8 Å². The molecule has 0 fully saturated rings. The van der Waals surface area contributed by atoms with Crippen LogP contribution in [0.4, 0.5) is 17.1 Å². The van der Waals surface area contributed by atoms with Gasteiger partial charge in [0.05, 0.1) is 11.7 Å². The fourth-order valence-electron chi connectivity index (χ4n) is 11.0. The standard InChI is InChI=1S/C63H41NO/c1-2-14-42(15-3-1)43-27-32-48(33-28-43)64(49-34-29-44(30-35-49)46-17-12-18-47(40-46)61-26-13-39-65-61)50-36-37-55-53-21-7-6-20-52(53)54-22-8-10-24-57(54)63(60(55)41-50)58-25-11-9-23-56(58)62-51-19-5-4-16-45(51)31-38-59(62)63/h1-41H. The predicted molar refractivity (Wildman–Crippen MR) is 269 cm³/mol. The Balaban J connectivity index is 1.06. The lowest BCUT2D eigenvalue weighted by Gasteiger charge is -2.36. The molecule has 0 radical (unpaired) electrons. The van der Waals surface area contributed by atoms with Crippen LogP contribution in [0, 0.1) is 0 Å². The summed E-state index contributed by atoms with van der Waals surface area (Å²) in [5.41, 5.74) is 21.1. The van der Waals surface area contributed by atoms with Gasteiger partial charge in [-0.05, 0) is 143 Å². The van der Waals surface area contributed by atoms with Crippen molar-refractivity contribution in [3.05, 3.63) is 271 Å². The Morgan fingerprint density at radius 2 is 0.862 bits per heavy atom. The molecule has 11 aromatic rings. The van der Waals surface area contributed by atoms with Gasteiger partial charge in [0.2, 0.25) is 0 Å². The van der Waals surface area contributed by atoms with Gasteiger partial charge in [0.15, 0.2) is 0 Å². The highest BCUT2D eigenvalue weighted by molar-refractivity contribution is 6.06. The van der Waals surface area contributed by atoms with Gasteiger partial charge >= 0.3 is 0 Å². The van der Waals surface area contributed by atoms with E-state index >= 15 is 0 Å². The van der Waals surface area contributed by atoms with E-state index in [0.29, 0.717) is 0 Å². The largest absolute Gasteiger partial charge is 0.464 e. The molecule has 13 rings (SSSR count). The molecule has 1 spiro atoms. The molecule has 0 saturated carbocycles. The molecule has 0 saturated heterocycles. The maximum Gasteiger partial charge on any atom is 0.133 e. The molecular weight excluding hydrogens is 787 g/mol. The number of hydrogen-bond acceptors (Lipinski definition) is 2. The van der Waals surface area contributed by atoms with Gasteiger partial charge in [-0.25, -0.2) is 0 Å². The van der Waals surface area contributed by atoms with Crippen molar-refractivity contribution in [2.75, 3.05) is 4.90 Å². The first kappa shape index (κ1) is 37.1. The fraction of sp³-hybridized carbons (Fsp3) is 0.0159. The van der Waals surface area contributed by atoms with E-state index in [1.54, 1.807) is 6.26 Å². The Morgan fingerprint density at radius 1 is 0.308 bits per heavy atom. The first-order valence-corrected chi connectivity index (χ1v) is 22.4. The summed E-state index contributed by atoms with van der Waals surface area (Å²) in [5.74, 6) is 0.862. The van der Waals surface area contributed by atoms with Crippen LogP contribution in [0.3, 0.4) is 0 Å². The van der Waals surface area contributed by atoms with Crippen LogP contribution in [0.5, 0.6) is 0 Å². The van der Waals surface area contributed by atoms with Gasteiger partial charge in [0, 0.05) is 22.6 Å². The molecule has 1 atom stereocenters. The van der Waals surface area contributed by atoms with Gasteiger partial charge in [-0.3, -0.25) is 0 Å². The Kier molecular flexibility index (Phi) is 8.47. The minimum absolute atomic E-state index is 0.622. The summed E-state index contributed by atoms with van der Waals surface area (Å²) in [6.45, 7) is 0. The molecule has 1 unspecified atom stereocenters. The van der Waals surface area contributed by atoms with Gasteiger partial charge in [0.1, 0.15) is 5.76 Å². The zero-order valence-electron chi connectivity index (χ0n) is 35.5. The minimum Gasteiger partial charge on any atom is -0.464 e. The highest BCUT2D eigenvalue weighted by Crippen LogP contribution is 2.63. The third kappa shape index (κ3) is 5.74. The first-order valence-electron chi connectivity index (χ1n) is 22.4. The Labute approximate surface area is 379 Å². The van der Waals surface area contributed by atoms with Crippen LogP contribution >= 0.6 is 0 Å². The van der Waals surface area contributed by atoms with E-state index in [4.69, 9.17) is 4.42 Å². The minimum atomic E-state index is -0.622. The zero-order valence-corrected chi connectivity index (χ0v) is 35.5. The summed E-state index contributed by atoms with van der Waals surface area (Å²) >= 11 is 0. The fourth-order valence-corrected chi connectivity index (χ4v) is 11.0. The second-order valence-electron chi connectivity index (χ2n) is 17.2. The molecule has 0 N–H and O–H groups in total. The first-order chi connectivity index (χ1) is 32.2. The molecule has 2 heteroatoms. The van der Waals surface area contributed by atoms with Crippen molar-refractivity contribution in [3.63, 3.8) is 0 Å².